The number of nitrogens with zero attached hydrogens (tertiary/aromatic N) is 1. The molecule has 0 aromatic heterocycles. The van der Waals surface area contributed by atoms with Gasteiger partial charge in [0, 0.05) is 30.8 Å². The second kappa shape index (κ2) is 8.62. The van der Waals surface area contributed by atoms with Crippen molar-refractivity contribution in [1.82, 2.24) is 4.90 Å². The van der Waals surface area contributed by atoms with Crippen molar-refractivity contribution in [2.24, 2.45) is 11.8 Å². The number of benzene rings is 2. The monoisotopic (exact) mass is 380 g/mol. The van der Waals surface area contributed by atoms with Crippen LogP contribution in [0.2, 0.25) is 0 Å². The summed E-state index contributed by atoms with van der Waals surface area (Å²) in [6, 6.07) is 13.1. The highest BCUT2D eigenvalue weighted by atomic mass is 16.5. The molecule has 1 aliphatic heterocycles. The van der Waals surface area contributed by atoms with Gasteiger partial charge in [-0.05, 0) is 85.5 Å². The van der Waals surface area contributed by atoms with Crippen molar-refractivity contribution in [3.63, 3.8) is 0 Å². The molecule has 4 nitrogen and oxygen atoms in total. The Morgan fingerprint density at radius 1 is 1.07 bits per heavy atom. The van der Waals surface area contributed by atoms with Crippen LogP contribution in [0.15, 0.2) is 36.4 Å². The minimum atomic E-state index is 0.319. The van der Waals surface area contributed by atoms with Crippen molar-refractivity contribution in [1.29, 1.82) is 5.41 Å². The van der Waals surface area contributed by atoms with E-state index in [2.05, 4.69) is 29.2 Å². The van der Waals surface area contributed by atoms with Crippen LogP contribution in [0.5, 0.6) is 5.75 Å². The zero-order valence-corrected chi connectivity index (χ0v) is 16.9. The number of ether oxygens (including phenoxy) is 1. The lowest BCUT2D eigenvalue weighted by Crippen LogP contribution is -2.46. The first kappa shape index (κ1) is 19.4. The first-order chi connectivity index (χ1) is 13.7. The number of piperidine rings is 1. The molecule has 2 N–H and O–H groups in total. The molecule has 28 heavy (non-hydrogen) atoms. The number of aliphatic hydroxyl groups is 1. The second-order valence-electron chi connectivity index (χ2n) is 8.53. The first-order valence-corrected chi connectivity index (χ1v) is 10.7. The van der Waals surface area contributed by atoms with E-state index < -0.39 is 0 Å². The summed E-state index contributed by atoms with van der Waals surface area (Å²) in [5, 5.41) is 20.6. The molecule has 1 unspecified atom stereocenters. The molecule has 0 amide bonds. The molecular weight excluding hydrogens is 348 g/mol. The molecule has 2 aromatic carbocycles. The van der Waals surface area contributed by atoms with Gasteiger partial charge in [0.25, 0.3) is 0 Å². The number of hydrogen-bond donors (Lipinski definition) is 2. The maximum absolute atomic E-state index is 9.38. The van der Waals surface area contributed by atoms with Crippen molar-refractivity contribution in [3.8, 4) is 5.75 Å². The number of likely N-dealkylation sites (tertiary alicyclic amines) is 1. The molecule has 0 bridgehead atoms. The van der Waals surface area contributed by atoms with Crippen molar-refractivity contribution in [2.45, 2.75) is 44.6 Å². The normalized spacial score (nSPS) is 26.3. The summed E-state index contributed by atoms with van der Waals surface area (Å²) in [4.78, 5) is 2.63. The Hall–Kier alpha value is -1.91. The molecular formula is C24H32N2O2. The second-order valence-corrected chi connectivity index (χ2v) is 8.53. The Kier molecular flexibility index (Phi) is 5.98. The lowest BCUT2D eigenvalue weighted by molar-refractivity contribution is 0.0867. The van der Waals surface area contributed by atoms with Crippen LogP contribution in [-0.2, 0) is 0 Å². The summed E-state index contributed by atoms with van der Waals surface area (Å²) in [7, 11) is 1.69. The van der Waals surface area contributed by atoms with Gasteiger partial charge in [0.1, 0.15) is 5.75 Å². The van der Waals surface area contributed by atoms with Gasteiger partial charge in [0.2, 0.25) is 0 Å². The van der Waals surface area contributed by atoms with Gasteiger partial charge in [-0.1, -0.05) is 18.2 Å². The fourth-order valence-electron chi connectivity index (χ4n) is 5.02. The molecule has 4 rings (SSSR count). The Morgan fingerprint density at radius 2 is 1.82 bits per heavy atom. The van der Waals surface area contributed by atoms with Gasteiger partial charge in [0.15, 0.2) is 0 Å². The van der Waals surface area contributed by atoms with Gasteiger partial charge < -0.3 is 15.3 Å². The Morgan fingerprint density at radius 3 is 2.57 bits per heavy atom. The van der Waals surface area contributed by atoms with Gasteiger partial charge in [-0.15, -0.1) is 0 Å². The van der Waals surface area contributed by atoms with E-state index in [1.165, 1.54) is 19.3 Å². The van der Waals surface area contributed by atoms with Crippen LogP contribution in [0.3, 0.4) is 0 Å². The van der Waals surface area contributed by atoms with E-state index in [4.69, 9.17) is 10.1 Å². The minimum absolute atomic E-state index is 0.319. The largest absolute Gasteiger partial charge is 0.497 e. The third-order valence-corrected chi connectivity index (χ3v) is 6.81. The van der Waals surface area contributed by atoms with Crippen LogP contribution in [0, 0.1) is 17.2 Å². The summed E-state index contributed by atoms with van der Waals surface area (Å²) < 4.78 is 5.32. The number of methoxy groups -OCH3 is 1. The summed E-state index contributed by atoms with van der Waals surface area (Å²) in [5.41, 5.74) is 1.83. The lowest BCUT2D eigenvalue weighted by atomic mass is 9.83. The molecule has 1 saturated carbocycles. The number of rotatable bonds is 5. The third-order valence-electron chi connectivity index (χ3n) is 6.81. The predicted molar refractivity (Wildman–Crippen MR) is 114 cm³/mol. The Balaban J connectivity index is 1.44. The van der Waals surface area contributed by atoms with Gasteiger partial charge in [-0.2, -0.15) is 0 Å². The molecule has 1 atom stereocenters. The summed E-state index contributed by atoms with van der Waals surface area (Å²) in [5.74, 6) is 1.69. The number of aliphatic hydroxyl groups excluding tert-OH is 1. The maximum Gasteiger partial charge on any atom is 0.119 e. The smallest absolute Gasteiger partial charge is 0.119 e. The van der Waals surface area contributed by atoms with Crippen LogP contribution in [-0.4, -0.2) is 48.6 Å². The molecule has 0 radical (unpaired) electrons. The molecule has 150 valence electrons. The van der Waals surface area contributed by atoms with Gasteiger partial charge in [-0.25, -0.2) is 0 Å². The quantitative estimate of drug-likeness (QED) is 0.752. The highest BCUT2D eigenvalue weighted by molar-refractivity contribution is 6.03. The van der Waals surface area contributed by atoms with Crippen molar-refractivity contribution in [3.05, 3.63) is 42.0 Å². The minimum Gasteiger partial charge on any atom is -0.497 e. The Labute approximate surface area is 168 Å². The molecule has 1 aliphatic carbocycles. The first-order valence-electron chi connectivity index (χ1n) is 10.7. The van der Waals surface area contributed by atoms with Crippen molar-refractivity contribution >= 4 is 16.5 Å². The molecule has 0 spiro atoms. The fraction of sp³-hybridized carbons (Fsp3) is 0.542. The van der Waals surface area contributed by atoms with E-state index in [1.807, 2.05) is 12.1 Å². The van der Waals surface area contributed by atoms with Crippen LogP contribution >= 0.6 is 0 Å². The van der Waals surface area contributed by atoms with Crippen LogP contribution in [0.1, 0.15) is 44.1 Å². The highest BCUT2D eigenvalue weighted by Gasteiger charge is 2.31. The van der Waals surface area contributed by atoms with Crippen molar-refractivity contribution in [2.75, 3.05) is 26.8 Å². The molecule has 2 aliphatic rings. The summed E-state index contributed by atoms with van der Waals surface area (Å²) in [6.45, 7) is 2.51. The lowest BCUT2D eigenvalue weighted by Gasteiger charge is -2.41. The van der Waals surface area contributed by atoms with E-state index in [0.717, 1.165) is 60.1 Å². The molecule has 2 fully saturated rings. The zero-order chi connectivity index (χ0) is 19.5. The highest BCUT2D eigenvalue weighted by Crippen LogP contribution is 2.31. The molecule has 1 heterocycles. The molecule has 2 aromatic rings. The maximum atomic E-state index is 9.38. The standard InChI is InChI=1S/C24H32N2O2/c1-28-23-11-8-18-13-20(7-6-19(18)14-23)24(25)21-3-2-12-26(15-21)22-9-4-17(16-27)5-10-22/h6-8,11,13-14,17,21-22,25,27H,2-5,9-10,12,15-16H2,1H3. The van der Waals surface area contributed by atoms with E-state index >= 15 is 0 Å². The zero-order valence-electron chi connectivity index (χ0n) is 16.9. The topological polar surface area (TPSA) is 56.5 Å². The van der Waals surface area contributed by atoms with Gasteiger partial charge >= 0.3 is 0 Å². The van der Waals surface area contributed by atoms with E-state index in [9.17, 15) is 5.11 Å². The van der Waals surface area contributed by atoms with Gasteiger partial charge in [0.05, 0.1) is 7.11 Å². The number of nitrogens with one attached hydrogen (secondary N) is 1. The van der Waals surface area contributed by atoms with Crippen LogP contribution in [0.4, 0.5) is 0 Å². The van der Waals surface area contributed by atoms with E-state index in [0.29, 0.717) is 24.5 Å². The molecule has 4 heteroatoms. The molecule has 1 saturated heterocycles. The predicted octanol–water partition coefficient (Wildman–Crippen LogP) is 4.48. The van der Waals surface area contributed by atoms with E-state index in [-0.39, 0.29) is 0 Å². The number of fused-ring (bicyclic) bond motifs is 1. The SMILES string of the molecule is COc1ccc2cc(C(=N)C3CCCN(C4CCC(CO)CC4)C3)ccc2c1. The Bertz CT molecular complexity index is 826. The van der Waals surface area contributed by atoms with Gasteiger partial charge in [-0.3, -0.25) is 4.90 Å². The number of hydrogen-bond acceptors (Lipinski definition) is 4. The van der Waals surface area contributed by atoms with Crippen LogP contribution in [0.25, 0.3) is 10.8 Å². The average molecular weight is 381 g/mol. The average Bonchev–Trinajstić information content (AvgIpc) is 2.78. The van der Waals surface area contributed by atoms with Crippen LogP contribution < -0.4 is 4.74 Å². The third kappa shape index (κ3) is 4.08. The van der Waals surface area contributed by atoms with Crippen molar-refractivity contribution < 1.29 is 9.84 Å². The summed E-state index contributed by atoms with van der Waals surface area (Å²) >= 11 is 0. The fourth-order valence-corrected chi connectivity index (χ4v) is 5.02. The summed E-state index contributed by atoms with van der Waals surface area (Å²) in [6.07, 6.45) is 6.98. The van der Waals surface area contributed by atoms with E-state index in [1.54, 1.807) is 7.11 Å².